The van der Waals surface area contributed by atoms with E-state index in [1.54, 1.807) is 0 Å². The number of amides is 1. The summed E-state index contributed by atoms with van der Waals surface area (Å²) >= 11 is 0. The van der Waals surface area contributed by atoms with Crippen LogP contribution in [0.3, 0.4) is 0 Å². The van der Waals surface area contributed by atoms with E-state index in [0.717, 1.165) is 57.2 Å². The Morgan fingerprint density at radius 1 is 1.16 bits per heavy atom. The fraction of sp³-hybridized carbons (Fsp3) is 0.684. The zero-order chi connectivity index (χ0) is 17.3. The Morgan fingerprint density at radius 3 is 2.68 bits per heavy atom. The molecule has 2 saturated heterocycles. The van der Waals surface area contributed by atoms with Gasteiger partial charge in [-0.15, -0.1) is 0 Å². The summed E-state index contributed by atoms with van der Waals surface area (Å²) in [4.78, 5) is 21.0. The van der Waals surface area contributed by atoms with Gasteiger partial charge in [0.2, 0.25) is 5.91 Å². The molecule has 0 saturated carbocycles. The van der Waals surface area contributed by atoms with Crippen molar-refractivity contribution in [2.24, 2.45) is 0 Å². The largest absolute Gasteiger partial charge is 0.340 e. The van der Waals surface area contributed by atoms with Crippen LogP contribution >= 0.6 is 21.6 Å². The summed E-state index contributed by atoms with van der Waals surface area (Å²) in [6.07, 6.45) is 10.4. The number of unbranched alkanes of at least 4 members (excludes halogenated alkanes) is 1. The van der Waals surface area contributed by atoms with Gasteiger partial charge in [-0.2, -0.15) is 0 Å². The first-order valence-electron chi connectivity index (χ1n) is 9.48. The summed E-state index contributed by atoms with van der Waals surface area (Å²) in [6, 6.07) is 4.17. The molecule has 138 valence electrons. The number of piperazine rings is 1. The molecule has 1 atom stereocenters. The van der Waals surface area contributed by atoms with Crippen molar-refractivity contribution in [3.8, 4) is 0 Å². The standard InChI is InChI=1S/C19H29N3OS2/c23-19(4-2-1-3-18-8-16-24-25-18)22-14-12-21(13-15-22)11-7-17-5-9-20-10-6-17/h5-6,9-10,18H,1-4,7-8,11-16H2/t18-/m1/s1. The summed E-state index contributed by atoms with van der Waals surface area (Å²) in [5, 5.41) is 0.837. The summed E-state index contributed by atoms with van der Waals surface area (Å²) in [5.41, 5.74) is 1.34. The molecule has 2 aliphatic rings. The van der Waals surface area contributed by atoms with Crippen molar-refractivity contribution in [2.75, 3.05) is 38.5 Å². The fourth-order valence-corrected chi connectivity index (χ4v) is 6.46. The highest BCUT2D eigenvalue weighted by atomic mass is 33.1. The molecular formula is C19H29N3OS2. The fourth-order valence-electron chi connectivity index (χ4n) is 3.43. The molecule has 25 heavy (non-hydrogen) atoms. The van der Waals surface area contributed by atoms with Gasteiger partial charge in [0.05, 0.1) is 0 Å². The SMILES string of the molecule is O=C(CCCC[C@@H]1CCSS1)N1CCN(CCc2ccncc2)CC1. The molecule has 0 aromatic carbocycles. The van der Waals surface area contributed by atoms with E-state index in [4.69, 9.17) is 0 Å². The van der Waals surface area contributed by atoms with E-state index >= 15 is 0 Å². The third-order valence-corrected chi connectivity index (χ3v) is 8.09. The van der Waals surface area contributed by atoms with Crippen molar-refractivity contribution in [1.82, 2.24) is 14.8 Å². The lowest BCUT2D eigenvalue weighted by atomic mass is 10.1. The number of carbonyl (C=O) groups excluding carboxylic acids is 1. The lowest BCUT2D eigenvalue weighted by Crippen LogP contribution is -2.49. The molecular weight excluding hydrogens is 350 g/mol. The normalized spacial score (nSPS) is 21.6. The van der Waals surface area contributed by atoms with Crippen molar-refractivity contribution in [3.05, 3.63) is 30.1 Å². The van der Waals surface area contributed by atoms with Crippen molar-refractivity contribution < 1.29 is 4.79 Å². The first-order valence-corrected chi connectivity index (χ1v) is 11.9. The second-order valence-corrected chi connectivity index (χ2v) is 9.69. The first-order chi connectivity index (χ1) is 12.3. The number of rotatable bonds is 8. The summed E-state index contributed by atoms with van der Waals surface area (Å²) in [7, 11) is 4.05. The minimum atomic E-state index is 0.363. The highest BCUT2D eigenvalue weighted by Crippen LogP contribution is 2.39. The van der Waals surface area contributed by atoms with Crippen LogP contribution in [-0.4, -0.2) is 64.4 Å². The molecule has 1 aromatic rings. The van der Waals surface area contributed by atoms with E-state index in [1.807, 2.05) is 34.0 Å². The van der Waals surface area contributed by atoms with Crippen molar-refractivity contribution >= 4 is 27.5 Å². The molecule has 6 heteroatoms. The number of hydrogen-bond acceptors (Lipinski definition) is 5. The molecule has 0 unspecified atom stereocenters. The Labute approximate surface area is 159 Å². The second-order valence-electron chi connectivity index (χ2n) is 6.90. The molecule has 2 aliphatic heterocycles. The monoisotopic (exact) mass is 379 g/mol. The molecule has 1 amide bonds. The van der Waals surface area contributed by atoms with E-state index in [1.165, 1.54) is 30.6 Å². The molecule has 4 nitrogen and oxygen atoms in total. The quantitative estimate of drug-likeness (QED) is 0.510. The molecule has 0 aliphatic carbocycles. The molecule has 3 heterocycles. The molecule has 0 spiro atoms. The van der Waals surface area contributed by atoms with E-state index in [9.17, 15) is 4.79 Å². The lowest BCUT2D eigenvalue weighted by Gasteiger charge is -2.34. The van der Waals surface area contributed by atoms with Gasteiger partial charge in [0, 0.05) is 62.5 Å². The zero-order valence-corrected chi connectivity index (χ0v) is 16.6. The third kappa shape index (κ3) is 6.50. The Morgan fingerprint density at radius 2 is 1.96 bits per heavy atom. The van der Waals surface area contributed by atoms with Crippen LogP contribution in [0.5, 0.6) is 0 Å². The highest BCUT2D eigenvalue weighted by Gasteiger charge is 2.21. The van der Waals surface area contributed by atoms with Crippen LogP contribution in [-0.2, 0) is 11.2 Å². The van der Waals surface area contributed by atoms with E-state index in [2.05, 4.69) is 26.9 Å². The highest BCUT2D eigenvalue weighted by molar-refractivity contribution is 8.77. The van der Waals surface area contributed by atoms with Crippen molar-refractivity contribution in [2.45, 2.75) is 43.8 Å². The first kappa shape index (κ1) is 19.1. The minimum Gasteiger partial charge on any atom is -0.340 e. The number of pyridine rings is 1. The van der Waals surface area contributed by atoms with E-state index in [0.29, 0.717) is 5.91 Å². The topological polar surface area (TPSA) is 36.4 Å². The van der Waals surface area contributed by atoms with E-state index in [-0.39, 0.29) is 0 Å². The van der Waals surface area contributed by atoms with Crippen LogP contribution < -0.4 is 0 Å². The Hall–Kier alpha value is -0.720. The van der Waals surface area contributed by atoms with Crippen molar-refractivity contribution in [1.29, 1.82) is 0 Å². The number of nitrogens with zero attached hydrogens (tertiary/aromatic N) is 3. The summed E-state index contributed by atoms with van der Waals surface area (Å²) in [5.74, 6) is 1.67. The van der Waals surface area contributed by atoms with Crippen LogP contribution in [0.25, 0.3) is 0 Å². The van der Waals surface area contributed by atoms with Gasteiger partial charge in [-0.25, -0.2) is 0 Å². The van der Waals surface area contributed by atoms with Crippen LogP contribution in [0.4, 0.5) is 0 Å². The number of carbonyl (C=O) groups is 1. The second kappa shape index (κ2) is 10.4. The van der Waals surface area contributed by atoms with Gasteiger partial charge in [0.15, 0.2) is 0 Å². The summed E-state index contributed by atoms with van der Waals surface area (Å²) in [6.45, 7) is 4.87. The van der Waals surface area contributed by atoms with Gasteiger partial charge in [-0.3, -0.25) is 14.7 Å². The van der Waals surface area contributed by atoms with Gasteiger partial charge in [-0.05, 0) is 43.4 Å². The van der Waals surface area contributed by atoms with Gasteiger partial charge in [0.1, 0.15) is 0 Å². The molecule has 0 bridgehead atoms. The number of hydrogen-bond donors (Lipinski definition) is 0. The Balaban J connectivity index is 1.27. The van der Waals surface area contributed by atoms with Crippen molar-refractivity contribution in [3.63, 3.8) is 0 Å². The van der Waals surface area contributed by atoms with E-state index < -0.39 is 0 Å². The van der Waals surface area contributed by atoms with Crippen LogP contribution in [0.1, 0.15) is 37.7 Å². The van der Waals surface area contributed by atoms with Gasteiger partial charge < -0.3 is 4.90 Å². The van der Waals surface area contributed by atoms with Gasteiger partial charge >= 0.3 is 0 Å². The Kier molecular flexibility index (Phi) is 7.95. The maximum atomic E-state index is 12.4. The average molecular weight is 380 g/mol. The lowest BCUT2D eigenvalue weighted by molar-refractivity contribution is -0.133. The molecule has 2 fully saturated rings. The molecule has 1 aromatic heterocycles. The maximum absolute atomic E-state index is 12.4. The summed E-state index contributed by atoms with van der Waals surface area (Å²) < 4.78 is 0. The molecule has 0 radical (unpaired) electrons. The molecule has 3 rings (SSSR count). The molecule has 0 N–H and O–H groups in total. The van der Waals surface area contributed by atoms with Crippen LogP contribution in [0, 0.1) is 0 Å². The van der Waals surface area contributed by atoms with Crippen LogP contribution in [0.15, 0.2) is 24.5 Å². The Bertz CT molecular complexity index is 515. The average Bonchev–Trinajstić information content (AvgIpc) is 3.18. The van der Waals surface area contributed by atoms with Gasteiger partial charge in [-0.1, -0.05) is 28.0 Å². The maximum Gasteiger partial charge on any atom is 0.222 e. The predicted molar refractivity (Wildman–Crippen MR) is 108 cm³/mol. The zero-order valence-electron chi connectivity index (χ0n) is 14.9. The minimum absolute atomic E-state index is 0.363. The number of aromatic nitrogens is 1. The smallest absolute Gasteiger partial charge is 0.222 e. The van der Waals surface area contributed by atoms with Crippen LogP contribution in [0.2, 0.25) is 0 Å². The van der Waals surface area contributed by atoms with Gasteiger partial charge in [0.25, 0.3) is 0 Å². The predicted octanol–water partition coefficient (Wildman–Crippen LogP) is 3.48. The third-order valence-electron chi connectivity index (χ3n) is 5.09.